The summed E-state index contributed by atoms with van der Waals surface area (Å²) in [6.07, 6.45) is 0. The van der Waals surface area contributed by atoms with Crippen LogP contribution in [0.5, 0.6) is 0 Å². The Morgan fingerprint density at radius 1 is 0.308 bits per heavy atom. The van der Waals surface area contributed by atoms with Gasteiger partial charge in [0.25, 0.3) is 0 Å². The predicted molar refractivity (Wildman–Crippen MR) is 42.7 cm³/mol. The molecule has 6 nitrogen and oxygen atoms in total. The molecule has 0 spiro atoms. The van der Waals surface area contributed by atoms with Gasteiger partial charge in [-0.2, -0.15) is 0 Å². The van der Waals surface area contributed by atoms with Crippen molar-refractivity contribution in [3.05, 3.63) is 0 Å². The fraction of sp³-hybridized carbons (Fsp3) is 0. The van der Waals surface area contributed by atoms with E-state index in [2.05, 4.69) is 0 Å². The molecule has 0 aliphatic heterocycles. The summed E-state index contributed by atoms with van der Waals surface area (Å²) in [5.74, 6) is 0. The van der Waals surface area contributed by atoms with E-state index in [-0.39, 0.29) is 26.2 Å². The van der Waals surface area contributed by atoms with Crippen LogP contribution in [-0.4, -0.2) is 40.7 Å². The number of hydrogen-bond acceptors (Lipinski definition) is 6. The van der Waals surface area contributed by atoms with Crippen LogP contribution in [0.2, 0.25) is 0 Å². The van der Waals surface area contributed by atoms with Crippen LogP contribution in [0.1, 0.15) is 0 Å². The van der Waals surface area contributed by atoms with E-state index in [1.54, 1.807) is 0 Å². The first kappa shape index (κ1) is 58.9. The van der Waals surface area contributed by atoms with Gasteiger partial charge in [0.1, 0.15) is 40.7 Å². The molecular formula is C6H12O6Zr. The van der Waals surface area contributed by atoms with Crippen molar-refractivity contribution in [1.82, 2.24) is 0 Å². The topological polar surface area (TPSA) is 102 Å². The Labute approximate surface area is 95.8 Å². The Morgan fingerprint density at radius 2 is 0.308 bits per heavy atom. The molecule has 0 heterocycles. The van der Waals surface area contributed by atoms with Crippen molar-refractivity contribution in [2.75, 3.05) is 0 Å². The Hall–Kier alpha value is -1.10. The van der Waals surface area contributed by atoms with Crippen LogP contribution in [0, 0.1) is 0 Å². The van der Waals surface area contributed by atoms with Crippen LogP contribution in [-0.2, 0) is 55.0 Å². The molecule has 76 valence electrons. The van der Waals surface area contributed by atoms with Crippen molar-refractivity contribution in [2.45, 2.75) is 0 Å². The number of carbonyl (C=O) groups is 6. The first-order valence-corrected chi connectivity index (χ1v) is 1.73. The van der Waals surface area contributed by atoms with Crippen molar-refractivity contribution in [1.29, 1.82) is 0 Å². The van der Waals surface area contributed by atoms with E-state index in [4.69, 9.17) is 28.8 Å². The smallest absolute Gasteiger partial charge is 0.106 e. The zero-order chi connectivity index (χ0) is 12.0. The molecule has 0 saturated heterocycles. The van der Waals surface area contributed by atoms with Crippen LogP contribution in [0.4, 0.5) is 0 Å². The summed E-state index contributed by atoms with van der Waals surface area (Å²) in [4.78, 5) is 48.0. The minimum Gasteiger partial charge on any atom is -0.307 e. The molecule has 0 radical (unpaired) electrons. The summed E-state index contributed by atoms with van der Waals surface area (Å²) in [6, 6.07) is 0. The molecule has 0 rings (SSSR count). The number of hydrogen-bond donors (Lipinski definition) is 0. The first-order chi connectivity index (χ1) is 6.00. The molecule has 0 fully saturated rings. The van der Waals surface area contributed by atoms with Crippen LogP contribution in [0.3, 0.4) is 0 Å². The third kappa shape index (κ3) is 718. The SMILES string of the molecule is C=O.C=O.C=O.C=O.C=O.C=O.[Zr]. The molecule has 0 aromatic carbocycles. The van der Waals surface area contributed by atoms with Crippen molar-refractivity contribution >= 4 is 40.7 Å². The van der Waals surface area contributed by atoms with Crippen LogP contribution in [0.15, 0.2) is 0 Å². The van der Waals surface area contributed by atoms with Gasteiger partial charge in [0.05, 0.1) is 0 Å². The molecule has 7 heteroatoms. The molecule has 0 amide bonds. The average molecular weight is 271 g/mol. The fourth-order valence-corrected chi connectivity index (χ4v) is 0. The summed E-state index contributed by atoms with van der Waals surface area (Å²) in [7, 11) is 0. The largest absolute Gasteiger partial charge is 0.307 e. The van der Waals surface area contributed by atoms with Gasteiger partial charge in [-0.25, -0.2) is 0 Å². The normalized spacial score (nSPS) is 1.85. The molecule has 0 bridgehead atoms. The second kappa shape index (κ2) is 889. The van der Waals surface area contributed by atoms with E-state index in [1.165, 1.54) is 0 Å². The maximum atomic E-state index is 8.00. The Balaban J connectivity index is -0.00000000655. The van der Waals surface area contributed by atoms with Gasteiger partial charge in [-0.3, -0.25) is 0 Å². The van der Waals surface area contributed by atoms with Crippen molar-refractivity contribution < 1.29 is 55.0 Å². The van der Waals surface area contributed by atoms with Crippen LogP contribution < -0.4 is 0 Å². The van der Waals surface area contributed by atoms with E-state index in [0.717, 1.165) is 0 Å². The molecule has 0 aliphatic rings. The molecule has 0 aromatic rings. The van der Waals surface area contributed by atoms with Gasteiger partial charge in [-0.15, -0.1) is 0 Å². The number of rotatable bonds is 0. The molecular weight excluding hydrogens is 259 g/mol. The van der Waals surface area contributed by atoms with Gasteiger partial charge in [-0.05, 0) is 0 Å². The van der Waals surface area contributed by atoms with E-state index in [1.807, 2.05) is 40.7 Å². The monoisotopic (exact) mass is 270 g/mol. The summed E-state index contributed by atoms with van der Waals surface area (Å²) in [5, 5.41) is 0. The average Bonchev–Trinajstić information content (AvgIpc) is 2.33. The quantitative estimate of drug-likeness (QED) is 0.553. The second-order valence-corrected chi connectivity index (χ2v) is 0. The minimum atomic E-state index is 0. The number of carbonyl (C=O) groups excluding carboxylic acids is 6. The van der Waals surface area contributed by atoms with Crippen molar-refractivity contribution in [2.24, 2.45) is 0 Å². The standard InChI is InChI=1S/6CH2O.Zr/c6*1-2;/h6*1H2;. The maximum Gasteiger partial charge on any atom is 0.106 e. The van der Waals surface area contributed by atoms with Crippen LogP contribution in [0.25, 0.3) is 0 Å². The summed E-state index contributed by atoms with van der Waals surface area (Å²) in [6.45, 7) is 12.0. The predicted octanol–water partition coefficient (Wildman–Crippen LogP) is -1.11. The summed E-state index contributed by atoms with van der Waals surface area (Å²) < 4.78 is 0. The second-order valence-electron chi connectivity index (χ2n) is 0. The first-order valence-electron chi connectivity index (χ1n) is 1.73. The van der Waals surface area contributed by atoms with E-state index >= 15 is 0 Å². The third-order valence-corrected chi connectivity index (χ3v) is 0. The van der Waals surface area contributed by atoms with Gasteiger partial charge in [0.15, 0.2) is 0 Å². The van der Waals surface area contributed by atoms with Gasteiger partial charge in [-0.1, -0.05) is 0 Å². The van der Waals surface area contributed by atoms with Gasteiger partial charge in [0, 0.05) is 26.2 Å². The van der Waals surface area contributed by atoms with Gasteiger partial charge < -0.3 is 28.8 Å². The van der Waals surface area contributed by atoms with Crippen LogP contribution >= 0.6 is 0 Å². The van der Waals surface area contributed by atoms with Gasteiger partial charge >= 0.3 is 0 Å². The zero-order valence-electron chi connectivity index (χ0n) is 7.19. The molecule has 0 saturated carbocycles. The van der Waals surface area contributed by atoms with E-state index in [9.17, 15) is 0 Å². The Morgan fingerprint density at radius 3 is 0.308 bits per heavy atom. The molecule has 0 atom stereocenters. The summed E-state index contributed by atoms with van der Waals surface area (Å²) >= 11 is 0. The van der Waals surface area contributed by atoms with Gasteiger partial charge in [0.2, 0.25) is 0 Å². The molecule has 0 aromatic heterocycles. The molecule has 0 aliphatic carbocycles. The van der Waals surface area contributed by atoms with E-state index in [0.29, 0.717) is 0 Å². The zero-order valence-corrected chi connectivity index (χ0v) is 9.65. The summed E-state index contributed by atoms with van der Waals surface area (Å²) in [5.41, 5.74) is 0. The van der Waals surface area contributed by atoms with Crippen molar-refractivity contribution in [3.8, 4) is 0 Å². The van der Waals surface area contributed by atoms with E-state index < -0.39 is 0 Å². The molecule has 0 unspecified atom stereocenters. The molecule has 13 heavy (non-hydrogen) atoms. The van der Waals surface area contributed by atoms with Crippen molar-refractivity contribution in [3.63, 3.8) is 0 Å². The Bertz CT molecular complexity index is 32.6. The third-order valence-electron chi connectivity index (χ3n) is 0. The Kier molecular flexibility index (Phi) is 4020. The minimum absolute atomic E-state index is 0. The maximum absolute atomic E-state index is 8.00. The molecule has 0 N–H and O–H groups in total. The fourth-order valence-electron chi connectivity index (χ4n) is 0.